The smallest absolute Gasteiger partial charge is 0.191 e. The largest absolute Gasteiger partial charge is 0.494 e. The fraction of sp³-hybridized carbons (Fsp3) is 0.450. The van der Waals surface area contributed by atoms with Crippen molar-refractivity contribution >= 4 is 40.7 Å². The van der Waals surface area contributed by atoms with Crippen LogP contribution in [0.1, 0.15) is 20.3 Å². The molecule has 0 saturated heterocycles. The second-order valence-corrected chi connectivity index (χ2v) is 6.15. The Hall–Kier alpha value is -1.54. The zero-order valence-electron chi connectivity index (χ0n) is 15.6. The zero-order chi connectivity index (χ0) is 17.9. The topological polar surface area (TPSA) is 65.9 Å². The molecule has 2 aromatic rings. The molecule has 1 atom stereocenters. The Morgan fingerprint density at radius 1 is 1.15 bits per heavy atom. The molecule has 0 bridgehead atoms. The van der Waals surface area contributed by atoms with Crippen LogP contribution < -0.4 is 15.4 Å². The van der Waals surface area contributed by atoms with Gasteiger partial charge in [-0.15, -0.1) is 24.0 Å². The number of hydrogen-bond donors (Lipinski definition) is 3. The van der Waals surface area contributed by atoms with Crippen LogP contribution in [0.15, 0.2) is 47.5 Å². The van der Waals surface area contributed by atoms with E-state index in [9.17, 15) is 0 Å². The van der Waals surface area contributed by atoms with Gasteiger partial charge in [0.15, 0.2) is 5.96 Å². The molecule has 0 saturated carbocycles. The highest BCUT2D eigenvalue weighted by Gasteiger charge is 2.01. The number of nitrogens with one attached hydrogen (secondary N) is 2. The standard InChI is InChI=1S/C20H29N3O2.HI/c1-3-21-20(23-14-16(2)15-24)22-11-6-12-25-19-10-9-17-7-4-5-8-18(17)13-19;/h4-5,7-10,13,16,24H,3,6,11-12,14-15H2,1-2H3,(H2,21,22,23);1H. The van der Waals surface area contributed by atoms with Crippen LogP contribution in [0.3, 0.4) is 0 Å². The highest BCUT2D eigenvalue weighted by Crippen LogP contribution is 2.20. The predicted octanol–water partition coefficient (Wildman–Crippen LogP) is 3.41. The van der Waals surface area contributed by atoms with Gasteiger partial charge in [-0.2, -0.15) is 0 Å². The lowest BCUT2D eigenvalue weighted by atomic mass is 10.1. The number of aliphatic hydroxyl groups excluding tert-OH is 1. The van der Waals surface area contributed by atoms with Crippen LogP contribution in [0, 0.1) is 5.92 Å². The van der Waals surface area contributed by atoms with Gasteiger partial charge in [0, 0.05) is 26.2 Å². The second kappa shape index (κ2) is 12.8. The summed E-state index contributed by atoms with van der Waals surface area (Å²) in [5.41, 5.74) is 0. The van der Waals surface area contributed by atoms with E-state index in [1.165, 1.54) is 10.8 Å². The molecule has 26 heavy (non-hydrogen) atoms. The summed E-state index contributed by atoms with van der Waals surface area (Å²) in [6.45, 7) is 7.03. The summed E-state index contributed by atoms with van der Waals surface area (Å²) >= 11 is 0. The molecular weight excluding hydrogens is 441 g/mol. The van der Waals surface area contributed by atoms with E-state index in [0.29, 0.717) is 13.2 Å². The summed E-state index contributed by atoms with van der Waals surface area (Å²) in [7, 11) is 0. The number of fused-ring (bicyclic) bond motifs is 1. The molecule has 0 radical (unpaired) electrons. The van der Waals surface area contributed by atoms with Gasteiger partial charge in [0.05, 0.1) is 6.61 Å². The van der Waals surface area contributed by atoms with Crippen LogP contribution in [0.5, 0.6) is 5.75 Å². The second-order valence-electron chi connectivity index (χ2n) is 6.15. The third-order valence-electron chi connectivity index (χ3n) is 3.82. The monoisotopic (exact) mass is 471 g/mol. The van der Waals surface area contributed by atoms with Crippen molar-refractivity contribution in [2.75, 3.05) is 32.8 Å². The number of rotatable bonds is 9. The van der Waals surface area contributed by atoms with Crippen molar-refractivity contribution in [2.24, 2.45) is 10.9 Å². The zero-order valence-corrected chi connectivity index (χ0v) is 17.9. The van der Waals surface area contributed by atoms with Crippen molar-refractivity contribution in [2.45, 2.75) is 20.3 Å². The van der Waals surface area contributed by atoms with Gasteiger partial charge in [0.1, 0.15) is 5.75 Å². The first-order valence-corrected chi connectivity index (χ1v) is 8.97. The number of halogens is 1. The number of aliphatic hydroxyl groups is 1. The fourth-order valence-electron chi connectivity index (χ4n) is 2.37. The van der Waals surface area contributed by atoms with E-state index in [1.54, 1.807) is 0 Å². The maximum atomic E-state index is 9.07. The molecule has 3 N–H and O–H groups in total. The van der Waals surface area contributed by atoms with Crippen molar-refractivity contribution < 1.29 is 9.84 Å². The number of nitrogens with zero attached hydrogens (tertiary/aromatic N) is 1. The Morgan fingerprint density at radius 2 is 1.92 bits per heavy atom. The number of guanidine groups is 1. The van der Waals surface area contributed by atoms with Crippen LogP contribution in [0.4, 0.5) is 0 Å². The lowest BCUT2D eigenvalue weighted by Crippen LogP contribution is -2.38. The van der Waals surface area contributed by atoms with E-state index in [2.05, 4.69) is 39.9 Å². The minimum Gasteiger partial charge on any atom is -0.494 e. The maximum Gasteiger partial charge on any atom is 0.191 e. The average molecular weight is 471 g/mol. The van der Waals surface area contributed by atoms with Gasteiger partial charge in [-0.1, -0.05) is 37.3 Å². The van der Waals surface area contributed by atoms with Gasteiger partial charge in [0.25, 0.3) is 0 Å². The first-order chi connectivity index (χ1) is 12.2. The van der Waals surface area contributed by atoms with E-state index >= 15 is 0 Å². The van der Waals surface area contributed by atoms with Crippen molar-refractivity contribution in [3.63, 3.8) is 0 Å². The third-order valence-corrected chi connectivity index (χ3v) is 3.82. The van der Waals surface area contributed by atoms with Crippen LogP contribution >= 0.6 is 24.0 Å². The van der Waals surface area contributed by atoms with E-state index in [-0.39, 0.29) is 36.5 Å². The number of ether oxygens (including phenoxy) is 1. The van der Waals surface area contributed by atoms with E-state index in [1.807, 2.05) is 32.0 Å². The van der Waals surface area contributed by atoms with Crippen molar-refractivity contribution in [3.05, 3.63) is 42.5 Å². The molecule has 0 heterocycles. The first kappa shape index (κ1) is 22.5. The average Bonchev–Trinajstić information content (AvgIpc) is 2.65. The van der Waals surface area contributed by atoms with Gasteiger partial charge >= 0.3 is 0 Å². The van der Waals surface area contributed by atoms with Crippen molar-refractivity contribution in [1.29, 1.82) is 0 Å². The van der Waals surface area contributed by atoms with Gasteiger partial charge in [0.2, 0.25) is 0 Å². The molecule has 0 fully saturated rings. The Morgan fingerprint density at radius 3 is 2.65 bits per heavy atom. The predicted molar refractivity (Wildman–Crippen MR) is 120 cm³/mol. The minimum absolute atomic E-state index is 0. The summed E-state index contributed by atoms with van der Waals surface area (Å²) in [6.07, 6.45) is 0.882. The van der Waals surface area contributed by atoms with Gasteiger partial charge in [-0.3, -0.25) is 4.99 Å². The van der Waals surface area contributed by atoms with Crippen LogP contribution in [-0.2, 0) is 0 Å². The maximum absolute atomic E-state index is 9.07. The minimum atomic E-state index is 0. The van der Waals surface area contributed by atoms with Crippen LogP contribution in [0.25, 0.3) is 10.8 Å². The molecule has 0 aliphatic heterocycles. The molecule has 0 aliphatic rings. The summed E-state index contributed by atoms with van der Waals surface area (Å²) in [6, 6.07) is 14.4. The lowest BCUT2D eigenvalue weighted by Gasteiger charge is -2.13. The molecule has 5 nitrogen and oxygen atoms in total. The van der Waals surface area contributed by atoms with E-state index in [0.717, 1.165) is 31.2 Å². The molecule has 144 valence electrons. The normalized spacial score (nSPS) is 12.3. The number of benzene rings is 2. The van der Waals surface area contributed by atoms with Crippen LogP contribution in [0.2, 0.25) is 0 Å². The Bertz CT molecular complexity index is 679. The Labute approximate surface area is 173 Å². The number of aliphatic imine (C=N–C) groups is 1. The fourth-order valence-corrected chi connectivity index (χ4v) is 2.37. The van der Waals surface area contributed by atoms with E-state index in [4.69, 9.17) is 9.84 Å². The summed E-state index contributed by atoms with van der Waals surface area (Å²) in [5.74, 6) is 1.86. The molecule has 0 amide bonds. The van der Waals surface area contributed by atoms with Gasteiger partial charge in [-0.25, -0.2) is 0 Å². The Kier molecular flexibility index (Phi) is 11.0. The number of hydrogen-bond acceptors (Lipinski definition) is 3. The molecule has 2 rings (SSSR count). The molecule has 6 heteroatoms. The highest BCUT2D eigenvalue weighted by atomic mass is 127. The van der Waals surface area contributed by atoms with Crippen molar-refractivity contribution in [3.8, 4) is 5.75 Å². The summed E-state index contributed by atoms with van der Waals surface area (Å²) in [5, 5.41) is 18.0. The summed E-state index contributed by atoms with van der Waals surface area (Å²) < 4.78 is 5.84. The molecule has 0 aliphatic carbocycles. The third kappa shape index (κ3) is 7.78. The summed E-state index contributed by atoms with van der Waals surface area (Å²) in [4.78, 5) is 4.47. The first-order valence-electron chi connectivity index (χ1n) is 8.97. The molecular formula is C20H30IN3O2. The SMILES string of the molecule is CCNC(=NCC(C)CO)NCCCOc1ccc2ccccc2c1.I. The quantitative estimate of drug-likeness (QED) is 0.227. The molecule has 0 spiro atoms. The highest BCUT2D eigenvalue weighted by molar-refractivity contribution is 14.0. The molecule has 1 unspecified atom stereocenters. The van der Waals surface area contributed by atoms with Crippen LogP contribution in [-0.4, -0.2) is 43.9 Å². The van der Waals surface area contributed by atoms with E-state index < -0.39 is 0 Å². The lowest BCUT2D eigenvalue weighted by molar-refractivity contribution is 0.241. The van der Waals surface area contributed by atoms with Gasteiger partial charge < -0.3 is 20.5 Å². The Balaban J connectivity index is 0.00000338. The molecule has 0 aromatic heterocycles. The van der Waals surface area contributed by atoms with Gasteiger partial charge in [-0.05, 0) is 42.2 Å². The molecule has 2 aromatic carbocycles. The van der Waals surface area contributed by atoms with Crippen molar-refractivity contribution in [1.82, 2.24) is 10.6 Å².